The summed E-state index contributed by atoms with van der Waals surface area (Å²) in [5.41, 5.74) is -1.71. The van der Waals surface area contributed by atoms with Gasteiger partial charge in [0, 0.05) is 31.4 Å². The van der Waals surface area contributed by atoms with E-state index in [1.165, 1.54) is 19.2 Å². The summed E-state index contributed by atoms with van der Waals surface area (Å²) in [6, 6.07) is 5.62. The number of alkyl halides is 3. The lowest BCUT2D eigenvalue weighted by atomic mass is 10.1. The number of anilines is 1. The van der Waals surface area contributed by atoms with Crippen molar-refractivity contribution in [3.8, 4) is 0 Å². The van der Waals surface area contributed by atoms with Crippen molar-refractivity contribution < 1.29 is 27.3 Å². The molecule has 1 amide bonds. The summed E-state index contributed by atoms with van der Waals surface area (Å²) in [5, 5.41) is 15.8. The Labute approximate surface area is 145 Å². The molecule has 138 valence electrons. The molecule has 2 aromatic rings. The van der Waals surface area contributed by atoms with Crippen molar-refractivity contribution >= 4 is 17.3 Å². The maximum absolute atomic E-state index is 13.1. The van der Waals surface area contributed by atoms with E-state index in [1.54, 1.807) is 0 Å². The molecule has 10 heteroatoms. The van der Waals surface area contributed by atoms with Crippen LogP contribution >= 0.6 is 0 Å². The Kier molecular flexibility index (Phi) is 5.44. The molecule has 2 rings (SSSR count). The number of rotatable bonds is 5. The zero-order valence-electron chi connectivity index (χ0n) is 13.4. The third kappa shape index (κ3) is 4.26. The Hall–Kier alpha value is -3.17. The van der Waals surface area contributed by atoms with Crippen molar-refractivity contribution in [1.29, 1.82) is 0 Å². The molecule has 26 heavy (non-hydrogen) atoms. The second-order valence-corrected chi connectivity index (χ2v) is 5.22. The molecule has 0 aliphatic heterocycles. The van der Waals surface area contributed by atoms with Crippen molar-refractivity contribution in [2.75, 3.05) is 12.4 Å². The van der Waals surface area contributed by atoms with Crippen molar-refractivity contribution in [3.63, 3.8) is 0 Å². The van der Waals surface area contributed by atoms with E-state index in [0.29, 0.717) is 6.07 Å². The van der Waals surface area contributed by atoms with Crippen molar-refractivity contribution in [3.05, 3.63) is 69.0 Å². The van der Waals surface area contributed by atoms with Gasteiger partial charge < -0.3 is 10.6 Å². The van der Waals surface area contributed by atoms with E-state index in [1.807, 2.05) is 0 Å². The second kappa shape index (κ2) is 7.38. The molecule has 0 radical (unpaired) electrons. The van der Waals surface area contributed by atoms with Crippen LogP contribution in [0.25, 0.3) is 0 Å². The molecule has 0 unspecified atom stereocenters. The fourth-order valence-electron chi connectivity index (χ4n) is 2.29. The van der Waals surface area contributed by atoms with Gasteiger partial charge in [-0.05, 0) is 23.8 Å². The first-order valence-electron chi connectivity index (χ1n) is 7.23. The number of carbonyl (C=O) groups excluding carboxylic acids is 1. The highest BCUT2D eigenvalue weighted by Gasteiger charge is 2.33. The standard InChI is InChI=1S/C16H13F4N3O3/c1-21-14-5-4-11(23(25)26)7-12(14)15(24)22-8-9-2-3-10(17)6-13(9)16(18,19)20/h2-7,21H,8H2,1H3,(H,22,24). The van der Waals surface area contributed by atoms with Crippen LogP contribution in [-0.2, 0) is 12.7 Å². The molecule has 0 spiro atoms. The first-order valence-corrected chi connectivity index (χ1v) is 7.23. The molecular weight excluding hydrogens is 358 g/mol. The van der Waals surface area contributed by atoms with Gasteiger partial charge in [0.05, 0.1) is 16.1 Å². The van der Waals surface area contributed by atoms with Gasteiger partial charge in [0.15, 0.2) is 0 Å². The summed E-state index contributed by atoms with van der Waals surface area (Å²) in [6.45, 7) is -0.528. The van der Waals surface area contributed by atoms with Gasteiger partial charge in [-0.3, -0.25) is 14.9 Å². The zero-order valence-corrected chi connectivity index (χ0v) is 13.4. The van der Waals surface area contributed by atoms with Crippen LogP contribution in [0.2, 0.25) is 0 Å². The molecule has 2 aromatic carbocycles. The number of non-ortho nitro benzene ring substituents is 1. The Balaban J connectivity index is 2.27. The maximum atomic E-state index is 13.1. The zero-order chi connectivity index (χ0) is 19.5. The van der Waals surface area contributed by atoms with Crippen LogP contribution in [0.15, 0.2) is 36.4 Å². The molecule has 0 aliphatic carbocycles. The van der Waals surface area contributed by atoms with Gasteiger partial charge in [0.1, 0.15) is 5.82 Å². The first-order chi connectivity index (χ1) is 12.1. The Morgan fingerprint density at radius 2 is 1.88 bits per heavy atom. The number of hydrogen-bond donors (Lipinski definition) is 2. The molecule has 0 bridgehead atoms. The Morgan fingerprint density at radius 3 is 2.46 bits per heavy atom. The van der Waals surface area contributed by atoms with E-state index in [2.05, 4.69) is 10.6 Å². The molecule has 0 aromatic heterocycles. The lowest BCUT2D eigenvalue weighted by Gasteiger charge is -2.14. The van der Waals surface area contributed by atoms with Gasteiger partial charge in [0.25, 0.3) is 11.6 Å². The van der Waals surface area contributed by atoms with Gasteiger partial charge in [0.2, 0.25) is 0 Å². The minimum Gasteiger partial charge on any atom is -0.387 e. The first kappa shape index (κ1) is 19.2. The quantitative estimate of drug-likeness (QED) is 0.477. The van der Waals surface area contributed by atoms with Crippen LogP contribution in [0.3, 0.4) is 0 Å². The minimum absolute atomic E-state index is 0.0997. The predicted molar refractivity (Wildman–Crippen MR) is 85.2 cm³/mol. The third-order valence-corrected chi connectivity index (χ3v) is 3.54. The monoisotopic (exact) mass is 371 g/mol. The van der Waals surface area contributed by atoms with E-state index in [9.17, 15) is 32.5 Å². The SMILES string of the molecule is CNc1ccc([N+](=O)[O-])cc1C(=O)NCc1ccc(F)cc1C(F)(F)F. The number of nitrogens with zero attached hydrogens (tertiary/aromatic N) is 1. The van der Waals surface area contributed by atoms with Crippen LogP contribution in [0.1, 0.15) is 21.5 Å². The summed E-state index contributed by atoms with van der Waals surface area (Å²) >= 11 is 0. The van der Waals surface area contributed by atoms with Gasteiger partial charge in [-0.1, -0.05) is 6.07 Å². The topological polar surface area (TPSA) is 84.3 Å². The van der Waals surface area contributed by atoms with E-state index < -0.39 is 34.9 Å². The number of carbonyl (C=O) groups is 1. The highest BCUT2D eigenvalue weighted by atomic mass is 19.4. The second-order valence-electron chi connectivity index (χ2n) is 5.22. The van der Waals surface area contributed by atoms with Crippen LogP contribution in [0.5, 0.6) is 0 Å². The maximum Gasteiger partial charge on any atom is 0.416 e. The number of benzene rings is 2. The fourth-order valence-corrected chi connectivity index (χ4v) is 2.29. The largest absolute Gasteiger partial charge is 0.416 e. The molecule has 0 heterocycles. The molecule has 0 aliphatic rings. The number of nitrogens with one attached hydrogen (secondary N) is 2. The summed E-state index contributed by atoms with van der Waals surface area (Å²) in [4.78, 5) is 22.4. The number of halogens is 4. The van der Waals surface area contributed by atoms with Crippen LogP contribution in [-0.4, -0.2) is 17.9 Å². The Bertz CT molecular complexity index is 853. The highest BCUT2D eigenvalue weighted by Crippen LogP contribution is 2.32. The van der Waals surface area contributed by atoms with Gasteiger partial charge in [-0.2, -0.15) is 13.2 Å². The molecule has 6 nitrogen and oxygen atoms in total. The van der Waals surface area contributed by atoms with Gasteiger partial charge in [-0.25, -0.2) is 4.39 Å². The van der Waals surface area contributed by atoms with Crippen molar-refractivity contribution in [1.82, 2.24) is 5.32 Å². The van der Waals surface area contributed by atoms with E-state index in [0.717, 1.165) is 18.2 Å². The molecular formula is C16H13F4N3O3. The Morgan fingerprint density at radius 1 is 1.19 bits per heavy atom. The molecule has 2 N–H and O–H groups in total. The average molecular weight is 371 g/mol. The van der Waals surface area contributed by atoms with Gasteiger partial charge >= 0.3 is 6.18 Å². The van der Waals surface area contributed by atoms with Gasteiger partial charge in [-0.15, -0.1) is 0 Å². The number of hydrogen-bond acceptors (Lipinski definition) is 4. The number of nitro benzene ring substituents is 1. The molecule has 0 saturated heterocycles. The summed E-state index contributed by atoms with van der Waals surface area (Å²) < 4.78 is 52.0. The molecule has 0 atom stereocenters. The highest BCUT2D eigenvalue weighted by molar-refractivity contribution is 6.00. The summed E-state index contributed by atoms with van der Waals surface area (Å²) in [7, 11) is 1.49. The number of amides is 1. The predicted octanol–water partition coefficient (Wildman–Crippen LogP) is 3.72. The molecule has 0 saturated carbocycles. The third-order valence-electron chi connectivity index (χ3n) is 3.54. The lowest BCUT2D eigenvalue weighted by molar-refractivity contribution is -0.384. The summed E-state index contributed by atoms with van der Waals surface area (Å²) in [6.07, 6.45) is -4.79. The average Bonchev–Trinajstić information content (AvgIpc) is 2.58. The lowest BCUT2D eigenvalue weighted by Crippen LogP contribution is -2.25. The number of nitro groups is 1. The van der Waals surface area contributed by atoms with E-state index in [-0.39, 0.29) is 22.5 Å². The van der Waals surface area contributed by atoms with Crippen LogP contribution in [0.4, 0.5) is 28.9 Å². The normalized spacial score (nSPS) is 11.1. The smallest absolute Gasteiger partial charge is 0.387 e. The van der Waals surface area contributed by atoms with E-state index >= 15 is 0 Å². The fraction of sp³-hybridized carbons (Fsp3) is 0.188. The summed E-state index contributed by atoms with van der Waals surface area (Å²) in [5.74, 6) is -1.86. The van der Waals surface area contributed by atoms with Crippen molar-refractivity contribution in [2.24, 2.45) is 0 Å². The molecule has 0 fully saturated rings. The van der Waals surface area contributed by atoms with Crippen LogP contribution < -0.4 is 10.6 Å². The van der Waals surface area contributed by atoms with Crippen LogP contribution in [0, 0.1) is 15.9 Å². The minimum atomic E-state index is -4.79. The van der Waals surface area contributed by atoms with E-state index in [4.69, 9.17) is 0 Å². The van der Waals surface area contributed by atoms with Crippen molar-refractivity contribution in [2.45, 2.75) is 12.7 Å².